The standard InChI is InChI=1S/C20H25NO2/c1-4-21-14-18-11-15(3)9-10-19(18)17-8-6-7-16(12-17)13-20(22)23-5-2/h6-12,21H,4-5,13-14H2,1-3H3. The summed E-state index contributed by atoms with van der Waals surface area (Å²) in [4.78, 5) is 11.7. The summed E-state index contributed by atoms with van der Waals surface area (Å²) in [5.74, 6) is -0.179. The molecule has 0 spiro atoms. The van der Waals surface area contributed by atoms with Crippen LogP contribution < -0.4 is 5.32 Å². The smallest absolute Gasteiger partial charge is 0.310 e. The molecule has 122 valence electrons. The minimum absolute atomic E-state index is 0.179. The van der Waals surface area contributed by atoms with E-state index in [1.165, 1.54) is 16.7 Å². The molecule has 0 saturated carbocycles. The summed E-state index contributed by atoms with van der Waals surface area (Å²) in [6.07, 6.45) is 0.316. The third-order valence-corrected chi connectivity index (χ3v) is 3.72. The molecule has 23 heavy (non-hydrogen) atoms. The average Bonchev–Trinajstić information content (AvgIpc) is 2.53. The molecular weight excluding hydrogens is 286 g/mol. The van der Waals surface area contributed by atoms with Crippen LogP contribution in [-0.4, -0.2) is 19.1 Å². The zero-order chi connectivity index (χ0) is 16.7. The highest BCUT2D eigenvalue weighted by Gasteiger charge is 2.08. The predicted molar refractivity (Wildman–Crippen MR) is 94.3 cm³/mol. The van der Waals surface area contributed by atoms with Crippen LogP contribution in [0.15, 0.2) is 42.5 Å². The van der Waals surface area contributed by atoms with E-state index in [0.717, 1.165) is 24.2 Å². The molecule has 2 aromatic carbocycles. The molecule has 0 heterocycles. The molecule has 3 nitrogen and oxygen atoms in total. The quantitative estimate of drug-likeness (QED) is 0.789. The number of rotatable bonds is 7. The fourth-order valence-electron chi connectivity index (χ4n) is 2.64. The SMILES string of the molecule is CCNCc1cc(C)ccc1-c1cccc(CC(=O)OCC)c1. The minimum Gasteiger partial charge on any atom is -0.466 e. The first-order valence-corrected chi connectivity index (χ1v) is 8.19. The number of hydrogen-bond acceptors (Lipinski definition) is 3. The molecule has 0 atom stereocenters. The molecule has 2 aromatic rings. The van der Waals surface area contributed by atoms with Gasteiger partial charge >= 0.3 is 5.97 Å². The summed E-state index contributed by atoms with van der Waals surface area (Å²) < 4.78 is 5.04. The van der Waals surface area contributed by atoms with Crippen molar-refractivity contribution in [3.05, 3.63) is 59.2 Å². The van der Waals surface area contributed by atoms with Crippen molar-refractivity contribution in [2.75, 3.05) is 13.2 Å². The lowest BCUT2D eigenvalue weighted by Crippen LogP contribution is -2.12. The zero-order valence-electron chi connectivity index (χ0n) is 14.2. The Kier molecular flexibility index (Phi) is 6.36. The van der Waals surface area contributed by atoms with E-state index in [1.807, 2.05) is 19.1 Å². The van der Waals surface area contributed by atoms with Crippen molar-refractivity contribution in [2.24, 2.45) is 0 Å². The molecule has 3 heteroatoms. The summed E-state index contributed by atoms with van der Waals surface area (Å²) in [5, 5.41) is 3.39. The van der Waals surface area contributed by atoms with Crippen molar-refractivity contribution in [3.8, 4) is 11.1 Å². The van der Waals surface area contributed by atoms with Gasteiger partial charge in [-0.1, -0.05) is 55.0 Å². The Morgan fingerprint density at radius 3 is 2.70 bits per heavy atom. The Labute approximate surface area is 138 Å². The van der Waals surface area contributed by atoms with Gasteiger partial charge in [0.15, 0.2) is 0 Å². The highest BCUT2D eigenvalue weighted by atomic mass is 16.5. The number of benzene rings is 2. The normalized spacial score (nSPS) is 10.6. The predicted octanol–water partition coefficient (Wildman–Crippen LogP) is 3.88. The summed E-state index contributed by atoms with van der Waals surface area (Å²) in [7, 11) is 0. The molecule has 0 saturated heterocycles. The maximum absolute atomic E-state index is 11.7. The lowest BCUT2D eigenvalue weighted by atomic mass is 9.96. The Bertz CT molecular complexity index is 664. The van der Waals surface area contributed by atoms with Crippen LogP contribution in [0.5, 0.6) is 0 Å². The van der Waals surface area contributed by atoms with Gasteiger partial charge in [0.2, 0.25) is 0 Å². The van der Waals surface area contributed by atoms with Crippen molar-refractivity contribution in [1.29, 1.82) is 0 Å². The van der Waals surface area contributed by atoms with Crippen LogP contribution in [0.4, 0.5) is 0 Å². The topological polar surface area (TPSA) is 38.3 Å². The van der Waals surface area contributed by atoms with E-state index in [4.69, 9.17) is 4.74 Å². The van der Waals surface area contributed by atoms with Crippen LogP contribution in [0.1, 0.15) is 30.5 Å². The monoisotopic (exact) mass is 311 g/mol. The van der Waals surface area contributed by atoms with Gasteiger partial charge in [-0.25, -0.2) is 0 Å². The number of esters is 1. The molecule has 1 N–H and O–H groups in total. The Balaban J connectivity index is 2.29. The van der Waals surface area contributed by atoms with Gasteiger partial charge in [-0.15, -0.1) is 0 Å². The zero-order valence-corrected chi connectivity index (χ0v) is 14.2. The van der Waals surface area contributed by atoms with E-state index in [-0.39, 0.29) is 5.97 Å². The second-order valence-electron chi connectivity index (χ2n) is 5.62. The Hall–Kier alpha value is -2.13. The van der Waals surface area contributed by atoms with E-state index in [1.54, 1.807) is 0 Å². The maximum Gasteiger partial charge on any atom is 0.310 e. The molecular formula is C20H25NO2. The van der Waals surface area contributed by atoms with E-state index in [0.29, 0.717) is 13.0 Å². The molecule has 0 aliphatic heterocycles. The average molecular weight is 311 g/mol. The Morgan fingerprint density at radius 1 is 1.13 bits per heavy atom. The fourth-order valence-corrected chi connectivity index (χ4v) is 2.64. The second kappa shape index (κ2) is 8.49. The molecule has 2 rings (SSSR count). The summed E-state index contributed by atoms with van der Waals surface area (Å²) >= 11 is 0. The first kappa shape index (κ1) is 17.2. The van der Waals surface area contributed by atoms with Crippen LogP contribution in [0.3, 0.4) is 0 Å². The molecule has 0 aromatic heterocycles. The van der Waals surface area contributed by atoms with Gasteiger partial charge in [0, 0.05) is 6.54 Å². The second-order valence-corrected chi connectivity index (χ2v) is 5.62. The van der Waals surface area contributed by atoms with Crippen molar-refractivity contribution < 1.29 is 9.53 Å². The van der Waals surface area contributed by atoms with Crippen molar-refractivity contribution in [1.82, 2.24) is 5.32 Å². The van der Waals surface area contributed by atoms with Crippen LogP contribution >= 0.6 is 0 Å². The van der Waals surface area contributed by atoms with Gasteiger partial charge in [0.05, 0.1) is 13.0 Å². The highest BCUT2D eigenvalue weighted by Crippen LogP contribution is 2.26. The highest BCUT2D eigenvalue weighted by molar-refractivity contribution is 5.74. The number of aryl methyl sites for hydroxylation is 1. The molecule has 0 fully saturated rings. The first-order valence-electron chi connectivity index (χ1n) is 8.19. The van der Waals surface area contributed by atoms with E-state index >= 15 is 0 Å². The largest absolute Gasteiger partial charge is 0.466 e. The van der Waals surface area contributed by atoms with Gasteiger partial charge in [-0.3, -0.25) is 4.79 Å². The molecule has 0 radical (unpaired) electrons. The maximum atomic E-state index is 11.7. The van der Waals surface area contributed by atoms with E-state index in [9.17, 15) is 4.79 Å². The summed E-state index contributed by atoms with van der Waals surface area (Å²) in [5.41, 5.74) is 5.86. The molecule has 0 unspecified atom stereocenters. The third kappa shape index (κ3) is 4.93. The van der Waals surface area contributed by atoms with Crippen LogP contribution in [0.2, 0.25) is 0 Å². The van der Waals surface area contributed by atoms with Gasteiger partial charge in [-0.2, -0.15) is 0 Å². The molecule has 0 amide bonds. The van der Waals surface area contributed by atoms with Gasteiger partial charge in [0.25, 0.3) is 0 Å². The van der Waals surface area contributed by atoms with E-state index in [2.05, 4.69) is 49.5 Å². The van der Waals surface area contributed by atoms with Crippen LogP contribution in [0, 0.1) is 6.92 Å². The lowest BCUT2D eigenvalue weighted by molar-refractivity contribution is -0.142. The van der Waals surface area contributed by atoms with Gasteiger partial charge in [0.1, 0.15) is 0 Å². The van der Waals surface area contributed by atoms with Crippen molar-refractivity contribution in [2.45, 2.75) is 33.7 Å². The number of nitrogens with one attached hydrogen (secondary N) is 1. The summed E-state index contributed by atoms with van der Waals surface area (Å²) in [6, 6.07) is 14.6. The number of carbonyl (C=O) groups excluding carboxylic acids is 1. The molecule has 0 bridgehead atoms. The van der Waals surface area contributed by atoms with Crippen LogP contribution in [0.25, 0.3) is 11.1 Å². The Morgan fingerprint density at radius 2 is 1.96 bits per heavy atom. The van der Waals surface area contributed by atoms with Crippen molar-refractivity contribution >= 4 is 5.97 Å². The van der Waals surface area contributed by atoms with E-state index < -0.39 is 0 Å². The number of ether oxygens (including phenoxy) is 1. The number of hydrogen-bond donors (Lipinski definition) is 1. The fraction of sp³-hybridized carbons (Fsp3) is 0.350. The number of carbonyl (C=O) groups is 1. The van der Waals surface area contributed by atoms with Gasteiger partial charge < -0.3 is 10.1 Å². The van der Waals surface area contributed by atoms with Crippen molar-refractivity contribution in [3.63, 3.8) is 0 Å². The molecule has 0 aliphatic carbocycles. The summed E-state index contributed by atoms with van der Waals surface area (Å²) in [6.45, 7) is 8.24. The minimum atomic E-state index is -0.179. The lowest BCUT2D eigenvalue weighted by Gasteiger charge is -2.12. The van der Waals surface area contributed by atoms with Crippen LogP contribution in [-0.2, 0) is 22.5 Å². The molecule has 0 aliphatic rings. The van der Waals surface area contributed by atoms with Gasteiger partial charge in [-0.05, 0) is 42.6 Å². The third-order valence-electron chi connectivity index (χ3n) is 3.72. The first-order chi connectivity index (χ1) is 11.1.